The molecule has 2 heterocycles. The van der Waals surface area contributed by atoms with Crippen LogP contribution in [-0.2, 0) is 11.3 Å². The number of nitrogens with one attached hydrogen (secondary N) is 1. The van der Waals surface area contributed by atoms with E-state index in [1.807, 2.05) is 24.4 Å². The number of aromatic nitrogens is 1. The second-order valence-electron chi connectivity index (χ2n) is 10.1. The molecule has 6 aliphatic rings. The minimum atomic E-state index is -0.107. The first-order valence-electron chi connectivity index (χ1n) is 10.8. The number of para-hydroxylation sites is 2. The summed E-state index contributed by atoms with van der Waals surface area (Å²) in [7, 11) is 0. The van der Waals surface area contributed by atoms with Gasteiger partial charge in [-0.05, 0) is 79.9 Å². The lowest BCUT2D eigenvalue weighted by atomic mass is 9.49. The van der Waals surface area contributed by atoms with E-state index in [2.05, 4.69) is 33.4 Å². The van der Waals surface area contributed by atoms with Gasteiger partial charge in [-0.25, -0.2) is 4.98 Å². The van der Waals surface area contributed by atoms with Crippen LogP contribution in [0.5, 0.6) is 0 Å². The van der Waals surface area contributed by atoms with Gasteiger partial charge in [-0.1, -0.05) is 18.2 Å². The van der Waals surface area contributed by atoms with Crippen molar-refractivity contribution in [3.8, 4) is 0 Å². The molecule has 0 saturated heterocycles. The van der Waals surface area contributed by atoms with Crippen molar-refractivity contribution in [3.63, 3.8) is 0 Å². The largest absolute Gasteiger partial charge is 0.338 e. The maximum atomic E-state index is 14.3. The van der Waals surface area contributed by atoms with Crippen molar-refractivity contribution in [1.29, 1.82) is 0 Å². The van der Waals surface area contributed by atoms with Crippen LogP contribution in [0.2, 0.25) is 0 Å². The van der Waals surface area contributed by atoms with E-state index in [1.54, 1.807) is 0 Å². The fraction of sp³-hybridized carbons (Fsp3) is 0.500. The maximum Gasteiger partial charge on any atom is 0.233 e. The Labute approximate surface area is 165 Å². The molecule has 1 amide bonds. The number of carbonyl (C=O) groups excluding carboxylic acids is 1. The van der Waals surface area contributed by atoms with Gasteiger partial charge in [0.05, 0.1) is 23.3 Å². The summed E-state index contributed by atoms with van der Waals surface area (Å²) in [5, 5.41) is 3.48. The van der Waals surface area contributed by atoms with Gasteiger partial charge >= 0.3 is 0 Å². The molecule has 1 aliphatic heterocycles. The average Bonchev–Trinajstić information content (AvgIpc) is 3.44. The lowest BCUT2D eigenvalue weighted by molar-refractivity contribution is -0.144. The van der Waals surface area contributed by atoms with Gasteiger partial charge in [-0.15, -0.1) is 0 Å². The molecular formula is C24H25N3O. The van der Waals surface area contributed by atoms with Crippen LogP contribution in [0.4, 0.5) is 17.2 Å². The van der Waals surface area contributed by atoms with E-state index in [4.69, 9.17) is 0 Å². The van der Waals surface area contributed by atoms with Crippen LogP contribution in [0.15, 0.2) is 42.6 Å². The third-order valence-corrected chi connectivity index (χ3v) is 8.56. The van der Waals surface area contributed by atoms with Crippen molar-refractivity contribution >= 4 is 23.1 Å². The van der Waals surface area contributed by atoms with Crippen LogP contribution in [0.3, 0.4) is 0 Å². The second-order valence-corrected chi connectivity index (χ2v) is 10.1. The van der Waals surface area contributed by atoms with E-state index in [9.17, 15) is 4.79 Å². The van der Waals surface area contributed by atoms with Crippen molar-refractivity contribution in [3.05, 3.63) is 48.2 Å². The van der Waals surface area contributed by atoms with Gasteiger partial charge in [-0.3, -0.25) is 4.79 Å². The lowest BCUT2D eigenvalue weighted by Gasteiger charge is -2.56. The van der Waals surface area contributed by atoms with Crippen LogP contribution in [0.1, 0.15) is 44.1 Å². The average molecular weight is 371 g/mol. The monoisotopic (exact) mass is 371 g/mol. The number of anilines is 3. The zero-order valence-electron chi connectivity index (χ0n) is 16.0. The molecule has 4 heteroatoms. The molecule has 2 aromatic rings. The van der Waals surface area contributed by atoms with Crippen LogP contribution in [0, 0.1) is 28.6 Å². The molecule has 1 aromatic heterocycles. The van der Waals surface area contributed by atoms with Gasteiger partial charge in [0.25, 0.3) is 0 Å². The molecule has 1 aromatic carbocycles. The maximum absolute atomic E-state index is 14.3. The number of amides is 1. The highest BCUT2D eigenvalue weighted by Gasteiger charge is 2.75. The topological polar surface area (TPSA) is 45.2 Å². The standard InChI is InChI=1S/C24H25N3O/c28-22(24-11-15-8-16(12-24)10-23(9-15)13-20(23)24)27-14-17-4-3-7-25-21(17)26-18-5-1-2-6-19(18)27/h1-7,15-16,20H,8-14H2,(H,25,26)/t15-,16+,20?,23?,24-. The quantitative estimate of drug-likeness (QED) is 0.776. The number of hydrogen-bond donors (Lipinski definition) is 1. The van der Waals surface area contributed by atoms with E-state index < -0.39 is 0 Å². The third-order valence-electron chi connectivity index (χ3n) is 8.56. The Hall–Kier alpha value is -2.36. The van der Waals surface area contributed by atoms with Crippen molar-refractivity contribution in [2.24, 2.45) is 28.6 Å². The zero-order valence-corrected chi connectivity index (χ0v) is 16.0. The number of hydrogen-bond acceptors (Lipinski definition) is 3. The highest BCUT2D eigenvalue weighted by atomic mass is 16.2. The summed E-state index contributed by atoms with van der Waals surface area (Å²) < 4.78 is 0. The predicted octanol–water partition coefficient (Wildman–Crippen LogP) is 4.89. The van der Waals surface area contributed by atoms with Crippen LogP contribution in [-0.4, -0.2) is 10.9 Å². The number of benzene rings is 1. The molecule has 5 saturated carbocycles. The Bertz CT molecular complexity index is 1000. The Morgan fingerprint density at radius 2 is 1.86 bits per heavy atom. The van der Waals surface area contributed by atoms with Gasteiger partial charge in [0.1, 0.15) is 5.82 Å². The number of carbonyl (C=O) groups is 1. The molecular weight excluding hydrogens is 346 g/mol. The number of rotatable bonds is 1. The summed E-state index contributed by atoms with van der Waals surface area (Å²) in [5.41, 5.74) is 3.52. The van der Waals surface area contributed by atoms with Gasteiger partial charge in [0, 0.05) is 11.8 Å². The summed E-state index contributed by atoms with van der Waals surface area (Å²) >= 11 is 0. The summed E-state index contributed by atoms with van der Waals surface area (Å²) in [6, 6.07) is 12.3. The number of fused-ring (bicyclic) bond motifs is 2. The van der Waals surface area contributed by atoms with Crippen molar-refractivity contribution in [1.82, 2.24) is 4.98 Å². The van der Waals surface area contributed by atoms with E-state index in [-0.39, 0.29) is 5.41 Å². The van der Waals surface area contributed by atoms with Crippen molar-refractivity contribution < 1.29 is 4.79 Å². The summed E-state index contributed by atoms with van der Waals surface area (Å²) in [6.45, 7) is 0.614. The minimum Gasteiger partial charge on any atom is -0.338 e. The van der Waals surface area contributed by atoms with E-state index in [0.717, 1.165) is 47.4 Å². The fourth-order valence-corrected chi connectivity index (χ4v) is 7.81. The van der Waals surface area contributed by atoms with Crippen molar-refractivity contribution in [2.45, 2.75) is 45.1 Å². The zero-order chi connectivity index (χ0) is 18.5. The molecule has 28 heavy (non-hydrogen) atoms. The van der Waals surface area contributed by atoms with Crippen LogP contribution < -0.4 is 10.2 Å². The van der Waals surface area contributed by atoms with E-state index in [0.29, 0.717) is 23.8 Å². The second kappa shape index (κ2) is 4.97. The molecule has 4 nitrogen and oxygen atoms in total. The Morgan fingerprint density at radius 3 is 2.71 bits per heavy atom. The molecule has 8 rings (SSSR count). The van der Waals surface area contributed by atoms with Gasteiger partial charge < -0.3 is 10.2 Å². The lowest BCUT2D eigenvalue weighted by Crippen LogP contribution is -2.55. The Kier molecular flexibility index (Phi) is 2.76. The van der Waals surface area contributed by atoms with Crippen LogP contribution >= 0.6 is 0 Å². The molecule has 5 fully saturated rings. The van der Waals surface area contributed by atoms with Crippen LogP contribution in [0.25, 0.3) is 0 Å². The summed E-state index contributed by atoms with van der Waals surface area (Å²) in [6.07, 6.45) is 9.54. The van der Waals surface area contributed by atoms with E-state index >= 15 is 0 Å². The molecule has 1 spiro atoms. The van der Waals surface area contributed by atoms with Gasteiger partial charge in [-0.2, -0.15) is 0 Å². The predicted molar refractivity (Wildman–Crippen MR) is 108 cm³/mol. The number of pyridine rings is 1. The normalized spacial score (nSPS) is 38.7. The van der Waals surface area contributed by atoms with E-state index in [1.165, 1.54) is 25.7 Å². The fourth-order valence-electron chi connectivity index (χ4n) is 7.81. The van der Waals surface area contributed by atoms with Gasteiger partial charge in [0.15, 0.2) is 0 Å². The molecule has 0 radical (unpaired) electrons. The molecule has 2 unspecified atom stereocenters. The molecule has 5 atom stereocenters. The Morgan fingerprint density at radius 1 is 1.04 bits per heavy atom. The highest BCUT2D eigenvalue weighted by Crippen LogP contribution is 2.80. The summed E-state index contributed by atoms with van der Waals surface area (Å²) in [5.74, 6) is 3.46. The highest BCUT2D eigenvalue weighted by molar-refractivity contribution is 6.02. The SMILES string of the molecule is O=C(N1Cc2cccnc2Nc2ccccc21)[C@@]12C[C@@H]3C[C@@H](CC4(CC41)C3)C2. The van der Waals surface area contributed by atoms with Crippen molar-refractivity contribution in [2.75, 3.05) is 10.2 Å². The number of nitrogens with zero attached hydrogens (tertiary/aromatic N) is 2. The summed E-state index contributed by atoms with van der Waals surface area (Å²) in [4.78, 5) is 20.9. The third kappa shape index (κ3) is 1.86. The molecule has 4 bridgehead atoms. The molecule has 5 aliphatic carbocycles. The first kappa shape index (κ1) is 15.5. The Balaban J connectivity index is 1.35. The van der Waals surface area contributed by atoms with Gasteiger partial charge in [0.2, 0.25) is 5.91 Å². The smallest absolute Gasteiger partial charge is 0.233 e. The first-order valence-corrected chi connectivity index (χ1v) is 10.8. The molecule has 1 N–H and O–H groups in total. The molecule has 142 valence electrons. The first-order chi connectivity index (χ1) is 13.7. The minimum absolute atomic E-state index is 0.107.